The number of rotatable bonds is 8. The molecule has 5 nitrogen and oxygen atoms in total. The van der Waals surface area contributed by atoms with Gasteiger partial charge in [0.25, 0.3) is 0 Å². The number of aliphatic hydroxyl groups is 1. The highest BCUT2D eigenvalue weighted by molar-refractivity contribution is 4.51. The molecule has 0 aliphatic rings. The largest absolute Gasteiger partial charge is 0.379 e. The van der Waals surface area contributed by atoms with E-state index in [1.807, 2.05) is 0 Å². The van der Waals surface area contributed by atoms with Crippen molar-refractivity contribution in [2.45, 2.75) is 13.2 Å². The lowest BCUT2D eigenvalue weighted by molar-refractivity contribution is 0.154. The van der Waals surface area contributed by atoms with Gasteiger partial charge in [-0.1, -0.05) is 0 Å². The van der Waals surface area contributed by atoms with E-state index in [1.54, 1.807) is 6.92 Å². The Morgan fingerprint density at radius 1 is 1.25 bits per heavy atom. The van der Waals surface area contributed by atoms with Gasteiger partial charge in [-0.05, 0) is 6.92 Å². The van der Waals surface area contributed by atoms with Crippen molar-refractivity contribution in [2.24, 2.45) is 5.73 Å². The monoisotopic (exact) mass is 176 g/mol. The van der Waals surface area contributed by atoms with Crippen LogP contribution in [-0.4, -0.2) is 44.2 Å². The number of hydrogen-bond acceptors (Lipinski definition) is 5. The lowest BCUT2D eigenvalue weighted by Gasteiger charge is -2.08. The van der Waals surface area contributed by atoms with Gasteiger partial charge >= 0.3 is 0 Å². The molecule has 0 amide bonds. The summed E-state index contributed by atoms with van der Waals surface area (Å²) in [5.41, 5.74) is 5.28. The van der Waals surface area contributed by atoms with Crippen LogP contribution in [0, 0.1) is 0 Å². The summed E-state index contributed by atoms with van der Waals surface area (Å²) in [5.74, 6) is 0. The van der Waals surface area contributed by atoms with Crippen molar-refractivity contribution >= 4 is 0 Å². The smallest absolute Gasteiger partial charge is 0.103 e. The Morgan fingerprint density at radius 3 is 2.50 bits per heavy atom. The molecule has 74 valence electrons. The fourth-order valence-electron chi connectivity index (χ4n) is 0.712. The van der Waals surface area contributed by atoms with Gasteiger partial charge in [0.1, 0.15) is 6.23 Å². The van der Waals surface area contributed by atoms with Crippen molar-refractivity contribution in [1.82, 2.24) is 16.0 Å². The molecule has 0 aliphatic heterocycles. The Labute approximate surface area is 73.7 Å². The average molecular weight is 176 g/mol. The molecule has 6 N–H and O–H groups in total. The first-order chi connectivity index (χ1) is 5.77. The maximum absolute atomic E-state index is 8.81. The predicted octanol–water partition coefficient (Wildman–Crippen LogP) is -1.99. The van der Waals surface area contributed by atoms with Gasteiger partial charge < -0.3 is 21.5 Å². The highest BCUT2D eigenvalue weighted by atomic mass is 16.3. The molecule has 0 saturated heterocycles. The molecule has 0 spiro atoms. The van der Waals surface area contributed by atoms with E-state index in [9.17, 15) is 0 Å². The third-order valence-electron chi connectivity index (χ3n) is 1.32. The third-order valence-corrected chi connectivity index (χ3v) is 1.32. The molecule has 0 aromatic carbocycles. The number of aliphatic hydroxyl groups excluding tert-OH is 1. The number of nitrogens with two attached hydrogens (primary N) is 1. The summed E-state index contributed by atoms with van der Waals surface area (Å²) in [6.07, 6.45) is -0.450. The lowest BCUT2D eigenvalue weighted by Crippen LogP contribution is -2.38. The van der Waals surface area contributed by atoms with Crippen LogP contribution in [0.1, 0.15) is 6.92 Å². The molecule has 0 radical (unpaired) electrons. The molecular weight excluding hydrogens is 156 g/mol. The second-order valence-corrected chi connectivity index (χ2v) is 2.60. The minimum Gasteiger partial charge on any atom is -0.379 e. The van der Waals surface area contributed by atoms with Crippen molar-refractivity contribution in [3.63, 3.8) is 0 Å². The number of hydrogen-bond donors (Lipinski definition) is 5. The van der Waals surface area contributed by atoms with Crippen LogP contribution in [0.25, 0.3) is 0 Å². The molecule has 12 heavy (non-hydrogen) atoms. The summed E-state index contributed by atoms with van der Waals surface area (Å²) in [4.78, 5) is 0. The molecule has 0 bridgehead atoms. The molecule has 1 atom stereocenters. The SMILES string of the molecule is CC(O)NCNCCNCCN. The zero-order chi connectivity index (χ0) is 9.23. The van der Waals surface area contributed by atoms with Gasteiger partial charge in [-0.2, -0.15) is 0 Å². The molecule has 0 aromatic heterocycles. The standard InChI is InChI=1S/C7H20N4O/c1-7(12)11-6-10-5-4-9-3-2-8/h7,9-12H,2-6,8H2,1H3. The molecule has 1 unspecified atom stereocenters. The average Bonchev–Trinajstić information content (AvgIpc) is 2.02. The molecule has 0 aliphatic carbocycles. The summed E-state index contributed by atoms with van der Waals surface area (Å²) in [5, 5.41) is 17.9. The molecule has 5 heteroatoms. The van der Waals surface area contributed by atoms with Crippen molar-refractivity contribution in [3.8, 4) is 0 Å². The molecule has 0 fully saturated rings. The summed E-state index contributed by atoms with van der Waals surface area (Å²) in [7, 11) is 0. The highest BCUT2D eigenvalue weighted by Gasteiger charge is 1.90. The summed E-state index contributed by atoms with van der Waals surface area (Å²) in [6.45, 7) is 5.62. The van der Waals surface area contributed by atoms with Gasteiger partial charge in [0, 0.05) is 32.8 Å². The minimum absolute atomic E-state index is 0.450. The molecule has 0 heterocycles. The van der Waals surface area contributed by atoms with Crippen LogP contribution in [0.5, 0.6) is 0 Å². The maximum Gasteiger partial charge on any atom is 0.103 e. The van der Waals surface area contributed by atoms with Crippen LogP contribution in [0.2, 0.25) is 0 Å². The molecule has 0 saturated carbocycles. The number of nitrogens with one attached hydrogen (secondary N) is 3. The Bertz CT molecular complexity index is 89.5. The van der Waals surface area contributed by atoms with Crippen LogP contribution in [0.4, 0.5) is 0 Å². The second-order valence-electron chi connectivity index (χ2n) is 2.60. The highest BCUT2D eigenvalue weighted by Crippen LogP contribution is 1.66. The van der Waals surface area contributed by atoms with Crippen LogP contribution < -0.4 is 21.7 Å². The van der Waals surface area contributed by atoms with E-state index in [0.29, 0.717) is 13.2 Å². The van der Waals surface area contributed by atoms with E-state index in [-0.39, 0.29) is 0 Å². The first-order valence-electron chi connectivity index (χ1n) is 4.30. The summed E-state index contributed by atoms with van der Waals surface area (Å²) >= 11 is 0. The second kappa shape index (κ2) is 8.89. The van der Waals surface area contributed by atoms with E-state index >= 15 is 0 Å². The van der Waals surface area contributed by atoms with E-state index in [1.165, 1.54) is 0 Å². The predicted molar refractivity (Wildman–Crippen MR) is 49.6 cm³/mol. The molecule has 0 rings (SSSR count). The maximum atomic E-state index is 8.81. The zero-order valence-electron chi connectivity index (χ0n) is 7.64. The first kappa shape index (κ1) is 11.8. The quantitative estimate of drug-likeness (QED) is 0.218. The van der Waals surface area contributed by atoms with Crippen molar-refractivity contribution in [1.29, 1.82) is 0 Å². The topological polar surface area (TPSA) is 82.3 Å². The van der Waals surface area contributed by atoms with Crippen molar-refractivity contribution in [2.75, 3.05) is 32.8 Å². The molecule has 0 aromatic rings. The van der Waals surface area contributed by atoms with Gasteiger partial charge in [-0.25, -0.2) is 0 Å². The van der Waals surface area contributed by atoms with Crippen LogP contribution in [0.3, 0.4) is 0 Å². The van der Waals surface area contributed by atoms with E-state index in [4.69, 9.17) is 10.8 Å². The normalized spacial score (nSPS) is 13.2. The van der Waals surface area contributed by atoms with Gasteiger partial charge in [0.2, 0.25) is 0 Å². The third kappa shape index (κ3) is 9.80. The zero-order valence-corrected chi connectivity index (χ0v) is 7.64. The first-order valence-corrected chi connectivity index (χ1v) is 4.30. The Kier molecular flexibility index (Phi) is 8.74. The molecular formula is C7H20N4O. The van der Waals surface area contributed by atoms with Crippen LogP contribution >= 0.6 is 0 Å². The summed E-state index contributed by atoms with van der Waals surface area (Å²) < 4.78 is 0. The van der Waals surface area contributed by atoms with E-state index in [0.717, 1.165) is 19.6 Å². The Hall–Kier alpha value is -0.200. The van der Waals surface area contributed by atoms with E-state index < -0.39 is 6.23 Å². The summed E-state index contributed by atoms with van der Waals surface area (Å²) in [6, 6.07) is 0. The fraction of sp³-hybridized carbons (Fsp3) is 1.00. The van der Waals surface area contributed by atoms with Crippen molar-refractivity contribution in [3.05, 3.63) is 0 Å². The van der Waals surface area contributed by atoms with Gasteiger partial charge in [-0.3, -0.25) is 5.32 Å². The van der Waals surface area contributed by atoms with E-state index in [2.05, 4.69) is 16.0 Å². The Balaban J connectivity index is 2.82. The van der Waals surface area contributed by atoms with Crippen LogP contribution in [-0.2, 0) is 0 Å². The van der Waals surface area contributed by atoms with Gasteiger partial charge in [0.15, 0.2) is 0 Å². The van der Waals surface area contributed by atoms with Gasteiger partial charge in [0.05, 0.1) is 0 Å². The fourth-order valence-corrected chi connectivity index (χ4v) is 0.712. The van der Waals surface area contributed by atoms with Crippen molar-refractivity contribution < 1.29 is 5.11 Å². The van der Waals surface area contributed by atoms with Crippen LogP contribution in [0.15, 0.2) is 0 Å². The van der Waals surface area contributed by atoms with Gasteiger partial charge in [-0.15, -0.1) is 0 Å². The Morgan fingerprint density at radius 2 is 1.92 bits per heavy atom. The minimum atomic E-state index is -0.450. The lowest BCUT2D eigenvalue weighted by atomic mass is 10.5.